The van der Waals surface area contributed by atoms with Crippen molar-refractivity contribution in [1.82, 2.24) is 39.9 Å². The van der Waals surface area contributed by atoms with Crippen LogP contribution >= 0.6 is 37.2 Å². The zero-order chi connectivity index (χ0) is 41.7. The third-order valence-electron chi connectivity index (χ3n) is 11.2. The van der Waals surface area contributed by atoms with Gasteiger partial charge in [0.05, 0.1) is 23.3 Å². The van der Waals surface area contributed by atoms with Gasteiger partial charge in [0.15, 0.2) is 0 Å². The van der Waals surface area contributed by atoms with Gasteiger partial charge in [0.1, 0.15) is 0 Å². The van der Waals surface area contributed by atoms with Gasteiger partial charge >= 0.3 is 16.8 Å². The SMILES string of the molecule is CC(C)(C)c1ccc2c(c1)-c1nc-2nc2[n-]c(nc3nc(nc4[n-]c(n1)c1ccc(C(C)(C)C)cc41)-c1ccc(C(C)(C)C)cc1-3)c1ccc(C(C)(C)C)cc21.II.[Co+2]. The van der Waals surface area contributed by atoms with Crippen molar-refractivity contribution in [2.45, 2.75) is 105 Å². The van der Waals surface area contributed by atoms with Crippen molar-refractivity contribution < 1.29 is 16.8 Å². The fourth-order valence-corrected chi connectivity index (χ4v) is 7.53. The summed E-state index contributed by atoms with van der Waals surface area (Å²) in [6.07, 6.45) is 0. The number of rotatable bonds is 0. The van der Waals surface area contributed by atoms with Crippen LogP contribution in [0.15, 0.2) is 72.8 Å². The maximum Gasteiger partial charge on any atom is 2.00 e. The minimum absolute atomic E-state index is 0. The Kier molecular flexibility index (Phi) is 11.2. The zero-order valence-electron chi connectivity index (χ0n) is 35.6. The van der Waals surface area contributed by atoms with Crippen LogP contribution in [0.5, 0.6) is 0 Å². The quantitative estimate of drug-likeness (QED) is 0.138. The van der Waals surface area contributed by atoms with Crippen LogP contribution in [0.25, 0.3) is 89.7 Å². The van der Waals surface area contributed by atoms with Crippen LogP contribution in [-0.4, -0.2) is 29.9 Å². The summed E-state index contributed by atoms with van der Waals surface area (Å²) in [5.41, 5.74) is 10.3. The Morgan fingerprint density at radius 2 is 0.610 bits per heavy atom. The molecule has 9 rings (SSSR count). The Hall–Kier alpha value is -3.79. The van der Waals surface area contributed by atoms with Gasteiger partial charge in [0, 0.05) is 82.1 Å². The molecule has 2 aliphatic heterocycles. The first kappa shape index (κ1) is 43.3. The van der Waals surface area contributed by atoms with E-state index in [1.165, 1.54) is 22.3 Å². The maximum absolute atomic E-state index is 5.25. The molecule has 0 aliphatic carbocycles. The zero-order valence-corrected chi connectivity index (χ0v) is 41.0. The molecule has 59 heavy (non-hydrogen) atoms. The van der Waals surface area contributed by atoms with Crippen molar-refractivity contribution in [3.8, 4) is 45.6 Å². The van der Waals surface area contributed by atoms with Gasteiger partial charge in [-0.3, -0.25) is 0 Å². The van der Waals surface area contributed by atoms with E-state index in [2.05, 4.69) is 193 Å². The molecule has 1 radical (unpaired) electrons. The van der Waals surface area contributed by atoms with Crippen LogP contribution in [0.1, 0.15) is 105 Å². The predicted octanol–water partition coefficient (Wildman–Crippen LogP) is 13.1. The second-order valence-corrected chi connectivity index (χ2v) is 19.5. The largest absolute Gasteiger partial charge is 2.00 e. The molecule has 0 spiro atoms. The second kappa shape index (κ2) is 15.3. The van der Waals surface area contributed by atoms with Gasteiger partial charge in [-0.25, -0.2) is 9.97 Å². The van der Waals surface area contributed by atoms with Crippen molar-refractivity contribution >= 4 is 81.4 Å². The van der Waals surface area contributed by atoms with E-state index < -0.39 is 0 Å². The predicted molar refractivity (Wildman–Crippen MR) is 257 cm³/mol. The molecule has 0 fully saturated rings. The Morgan fingerprint density at radius 3 is 0.932 bits per heavy atom. The van der Waals surface area contributed by atoms with Gasteiger partial charge in [-0.2, -0.15) is 0 Å². The summed E-state index contributed by atoms with van der Waals surface area (Å²) in [6, 6.07) is 25.9. The van der Waals surface area contributed by atoms with Gasteiger partial charge in [-0.1, -0.05) is 132 Å². The first-order valence-corrected chi connectivity index (χ1v) is 26.0. The molecule has 8 nitrogen and oxygen atoms in total. The van der Waals surface area contributed by atoms with E-state index in [1.807, 2.05) is 0 Å². The molecule has 7 aromatic rings. The molecule has 303 valence electrons. The Bertz CT molecular complexity index is 2770. The van der Waals surface area contributed by atoms with Crippen molar-refractivity contribution in [3.63, 3.8) is 0 Å². The van der Waals surface area contributed by atoms with Crippen LogP contribution in [0.4, 0.5) is 0 Å². The van der Waals surface area contributed by atoms with Crippen molar-refractivity contribution in [2.75, 3.05) is 0 Å². The maximum atomic E-state index is 5.25. The molecule has 2 aliphatic rings. The molecule has 0 amide bonds. The minimum Gasteiger partial charge on any atom is -0.357 e. The van der Waals surface area contributed by atoms with E-state index in [0.717, 1.165) is 43.8 Å². The average molecular weight is 1050 g/mol. The third kappa shape index (κ3) is 7.96. The van der Waals surface area contributed by atoms with Gasteiger partial charge in [0.2, 0.25) is 0 Å². The molecular formula is C48H48CoI2N8. The fourth-order valence-electron chi connectivity index (χ4n) is 7.53. The number of nitrogens with zero attached hydrogens (tertiary/aromatic N) is 8. The number of benzene rings is 4. The van der Waals surface area contributed by atoms with Crippen LogP contribution in [0.2, 0.25) is 0 Å². The summed E-state index contributed by atoms with van der Waals surface area (Å²) >= 11 is 4.24. The molecular weight excluding hydrogens is 1000 g/mol. The smallest absolute Gasteiger partial charge is 0.357 e. The van der Waals surface area contributed by atoms with Crippen molar-refractivity contribution in [2.24, 2.45) is 0 Å². The molecule has 3 aromatic heterocycles. The Labute approximate surface area is 380 Å². The second-order valence-electron chi connectivity index (χ2n) is 19.5. The summed E-state index contributed by atoms with van der Waals surface area (Å²) in [6.45, 7) is 26.6. The molecule has 0 unspecified atom stereocenters. The van der Waals surface area contributed by atoms with E-state index in [-0.39, 0.29) is 38.4 Å². The summed E-state index contributed by atoms with van der Waals surface area (Å²) in [4.78, 5) is 41.6. The number of hydrogen-bond acceptors (Lipinski definition) is 6. The van der Waals surface area contributed by atoms with Crippen molar-refractivity contribution in [3.05, 3.63) is 95.1 Å². The molecule has 4 aromatic carbocycles. The molecule has 0 saturated carbocycles. The van der Waals surface area contributed by atoms with Crippen LogP contribution in [-0.2, 0) is 38.4 Å². The first-order chi connectivity index (χ1) is 27.2. The Balaban J connectivity index is 0.00000173. The van der Waals surface area contributed by atoms with Gasteiger partial charge in [-0.05, 0) is 89.7 Å². The number of halogens is 2. The van der Waals surface area contributed by atoms with E-state index in [9.17, 15) is 0 Å². The summed E-state index contributed by atoms with van der Waals surface area (Å²) in [7, 11) is 0. The van der Waals surface area contributed by atoms with Gasteiger partial charge in [-0.15, -0.1) is 0 Å². The topological polar surface area (TPSA) is 106 Å². The number of fused-ring (bicyclic) bond motifs is 20. The van der Waals surface area contributed by atoms with Crippen molar-refractivity contribution in [1.29, 1.82) is 0 Å². The monoisotopic (exact) mass is 1050 g/mol. The summed E-state index contributed by atoms with van der Waals surface area (Å²) < 4.78 is 0. The van der Waals surface area contributed by atoms with E-state index in [4.69, 9.17) is 39.9 Å². The van der Waals surface area contributed by atoms with Gasteiger partial charge < -0.3 is 29.9 Å². The standard InChI is InChI=1S/C48H48N8.Co.I2/c1-45(2,3)25-13-17-29-33(21-25)41-49-37(29)54-42-35-23-27(47(7,8)9)15-19-31(35)39(51-42)56-44-36-24-28(48(10,11)12)16-20-32(36)40(52-44)55-43-34-22-26(46(4,5)6)14-18-30(34)38(50-43)53-41;;1-2/h13-24H,1-12H3;;/q-2;+2;. The number of hydrogen-bond donors (Lipinski definition) is 0. The van der Waals surface area contributed by atoms with Crippen LogP contribution < -0.4 is 9.97 Å². The minimum atomic E-state index is -0.0826. The molecule has 0 N–H and O–H groups in total. The van der Waals surface area contributed by atoms with E-state index >= 15 is 0 Å². The molecule has 0 atom stereocenters. The summed E-state index contributed by atoms with van der Waals surface area (Å²) in [5.74, 6) is 2.24. The first-order valence-electron chi connectivity index (χ1n) is 19.7. The molecule has 8 bridgehead atoms. The fraction of sp³-hybridized carbons (Fsp3) is 0.333. The van der Waals surface area contributed by atoms with Crippen LogP contribution in [0, 0.1) is 0 Å². The van der Waals surface area contributed by atoms with E-state index in [0.29, 0.717) is 45.9 Å². The molecule has 0 saturated heterocycles. The molecule has 5 heterocycles. The van der Waals surface area contributed by atoms with E-state index in [1.54, 1.807) is 0 Å². The average Bonchev–Trinajstić information content (AvgIpc) is 3.88. The third-order valence-corrected chi connectivity index (χ3v) is 11.2. The van der Waals surface area contributed by atoms with Gasteiger partial charge in [0.25, 0.3) is 0 Å². The number of aromatic nitrogens is 8. The summed E-state index contributed by atoms with van der Waals surface area (Å²) in [5, 5.41) is 3.64. The normalized spacial score (nSPS) is 12.8. The molecule has 11 heteroatoms. The van der Waals surface area contributed by atoms with Crippen LogP contribution in [0.3, 0.4) is 0 Å². The Morgan fingerprint density at radius 1 is 0.339 bits per heavy atom.